The molecule has 4 heteroatoms. The van der Waals surface area contributed by atoms with Crippen LogP contribution in [0.1, 0.15) is 5.56 Å². The highest BCUT2D eigenvalue weighted by atomic mass is 35.5. The van der Waals surface area contributed by atoms with E-state index in [9.17, 15) is 0 Å². The monoisotopic (exact) mass is 198 g/mol. The van der Waals surface area contributed by atoms with Crippen molar-refractivity contribution in [3.63, 3.8) is 0 Å². The van der Waals surface area contributed by atoms with Gasteiger partial charge in [-0.3, -0.25) is 0 Å². The molecule has 0 saturated heterocycles. The van der Waals surface area contributed by atoms with Crippen molar-refractivity contribution in [3.8, 4) is 0 Å². The standard InChI is InChI=1S/C8H7ClN2S/c1-5-2-7(9)6-4-10-11(12)8(6)3-5/h2-4,12H,1H3. The van der Waals surface area contributed by atoms with Crippen LogP contribution >= 0.6 is 24.4 Å². The van der Waals surface area contributed by atoms with Gasteiger partial charge < -0.3 is 0 Å². The van der Waals surface area contributed by atoms with E-state index in [1.165, 1.54) is 4.09 Å². The number of nitrogens with zero attached hydrogens (tertiary/aromatic N) is 2. The average Bonchev–Trinajstić information content (AvgIpc) is 2.33. The first-order valence-corrected chi connectivity index (χ1v) is 4.29. The number of hydrogen-bond acceptors (Lipinski definition) is 2. The van der Waals surface area contributed by atoms with E-state index in [0.29, 0.717) is 0 Å². The van der Waals surface area contributed by atoms with Crippen LogP contribution in [0.3, 0.4) is 0 Å². The molecule has 62 valence electrons. The van der Waals surface area contributed by atoms with E-state index < -0.39 is 0 Å². The summed E-state index contributed by atoms with van der Waals surface area (Å²) in [4.78, 5) is 0. The van der Waals surface area contributed by atoms with Gasteiger partial charge in [-0.1, -0.05) is 11.6 Å². The van der Waals surface area contributed by atoms with Gasteiger partial charge in [0.1, 0.15) is 0 Å². The molecule has 12 heavy (non-hydrogen) atoms. The zero-order valence-corrected chi connectivity index (χ0v) is 8.10. The summed E-state index contributed by atoms with van der Waals surface area (Å²) in [5, 5.41) is 5.66. The van der Waals surface area contributed by atoms with Gasteiger partial charge in [0.25, 0.3) is 0 Å². The van der Waals surface area contributed by atoms with Gasteiger partial charge >= 0.3 is 0 Å². The molecule has 0 bridgehead atoms. The average molecular weight is 199 g/mol. The highest BCUT2D eigenvalue weighted by Crippen LogP contribution is 2.25. The van der Waals surface area contributed by atoms with Crippen LogP contribution in [-0.4, -0.2) is 9.19 Å². The first kappa shape index (κ1) is 7.95. The summed E-state index contributed by atoms with van der Waals surface area (Å²) in [6, 6.07) is 3.92. The van der Waals surface area contributed by atoms with Gasteiger partial charge in [-0.15, -0.1) is 0 Å². The third kappa shape index (κ3) is 1.09. The molecule has 0 unspecified atom stereocenters. The van der Waals surface area contributed by atoms with Gasteiger partial charge in [0.15, 0.2) is 0 Å². The number of halogens is 1. The second kappa shape index (κ2) is 2.68. The fraction of sp³-hybridized carbons (Fsp3) is 0.125. The van der Waals surface area contributed by atoms with E-state index in [0.717, 1.165) is 21.5 Å². The quantitative estimate of drug-likeness (QED) is 0.645. The molecule has 0 aliphatic carbocycles. The van der Waals surface area contributed by atoms with Crippen LogP contribution in [0.4, 0.5) is 0 Å². The van der Waals surface area contributed by atoms with Crippen molar-refractivity contribution in [1.82, 2.24) is 9.19 Å². The van der Waals surface area contributed by atoms with E-state index in [4.69, 9.17) is 11.6 Å². The SMILES string of the molecule is Cc1cc(Cl)c2cnn(S)c2c1. The lowest BCUT2D eigenvalue weighted by Gasteiger charge is -1.97. The smallest absolute Gasteiger partial charge is 0.0826 e. The Morgan fingerprint density at radius 2 is 2.25 bits per heavy atom. The molecule has 1 aromatic carbocycles. The van der Waals surface area contributed by atoms with Gasteiger partial charge in [-0.25, -0.2) is 4.09 Å². The van der Waals surface area contributed by atoms with Crippen molar-refractivity contribution in [2.24, 2.45) is 0 Å². The highest BCUT2D eigenvalue weighted by Gasteiger charge is 2.04. The number of aryl methyl sites for hydroxylation is 1. The lowest BCUT2D eigenvalue weighted by Crippen LogP contribution is -1.81. The summed E-state index contributed by atoms with van der Waals surface area (Å²) >= 11 is 10.1. The zero-order chi connectivity index (χ0) is 8.72. The predicted molar refractivity (Wildman–Crippen MR) is 53.9 cm³/mol. The minimum absolute atomic E-state index is 0.727. The number of hydrogen-bond donors (Lipinski definition) is 1. The molecule has 0 amide bonds. The van der Waals surface area contributed by atoms with Crippen molar-refractivity contribution in [3.05, 3.63) is 28.9 Å². The predicted octanol–water partition coefficient (Wildman–Crippen LogP) is 2.69. The minimum atomic E-state index is 0.727. The van der Waals surface area contributed by atoms with E-state index in [1.54, 1.807) is 6.20 Å². The lowest BCUT2D eigenvalue weighted by molar-refractivity contribution is 1.05. The topological polar surface area (TPSA) is 17.8 Å². The van der Waals surface area contributed by atoms with Crippen molar-refractivity contribution >= 4 is 35.3 Å². The Balaban J connectivity index is 2.92. The maximum atomic E-state index is 5.99. The number of rotatable bonds is 0. The molecule has 0 atom stereocenters. The van der Waals surface area contributed by atoms with E-state index in [2.05, 4.69) is 17.9 Å². The Hall–Kier alpha value is -0.670. The second-order valence-corrected chi connectivity index (χ2v) is 3.50. The first-order valence-electron chi connectivity index (χ1n) is 3.51. The maximum Gasteiger partial charge on any atom is 0.0826 e. The molecule has 1 aromatic heterocycles. The Bertz CT molecular complexity index is 436. The number of aromatic nitrogens is 2. The van der Waals surface area contributed by atoms with Crippen molar-refractivity contribution in [2.75, 3.05) is 0 Å². The molecule has 0 aliphatic heterocycles. The lowest BCUT2D eigenvalue weighted by atomic mass is 10.2. The molecule has 2 nitrogen and oxygen atoms in total. The highest BCUT2D eigenvalue weighted by molar-refractivity contribution is 7.78. The summed E-state index contributed by atoms with van der Waals surface area (Å²) in [7, 11) is 0. The van der Waals surface area contributed by atoms with Gasteiger partial charge in [0, 0.05) is 5.39 Å². The van der Waals surface area contributed by atoms with Crippen LogP contribution in [0, 0.1) is 6.92 Å². The largest absolute Gasteiger partial charge is 0.209 e. The van der Waals surface area contributed by atoms with Gasteiger partial charge in [0.05, 0.1) is 16.7 Å². The van der Waals surface area contributed by atoms with Gasteiger partial charge in [-0.2, -0.15) is 5.10 Å². The van der Waals surface area contributed by atoms with E-state index in [-0.39, 0.29) is 0 Å². The zero-order valence-electron chi connectivity index (χ0n) is 6.45. The molecule has 0 spiro atoms. The van der Waals surface area contributed by atoms with Crippen molar-refractivity contribution < 1.29 is 0 Å². The second-order valence-electron chi connectivity index (χ2n) is 2.71. The van der Waals surface area contributed by atoms with Crippen LogP contribution in [0.5, 0.6) is 0 Å². The van der Waals surface area contributed by atoms with Crippen LogP contribution < -0.4 is 0 Å². The van der Waals surface area contributed by atoms with Crippen molar-refractivity contribution in [2.45, 2.75) is 6.92 Å². The number of thiol groups is 1. The molecule has 2 rings (SSSR count). The summed E-state index contributed by atoms with van der Waals surface area (Å²) in [5.41, 5.74) is 2.06. The summed E-state index contributed by atoms with van der Waals surface area (Å²) in [6.07, 6.45) is 1.71. The third-order valence-electron chi connectivity index (χ3n) is 1.76. The van der Waals surface area contributed by atoms with Crippen LogP contribution in [0.15, 0.2) is 18.3 Å². The Morgan fingerprint density at radius 3 is 3.00 bits per heavy atom. The Morgan fingerprint density at radius 1 is 1.50 bits per heavy atom. The van der Waals surface area contributed by atoms with E-state index in [1.807, 2.05) is 19.1 Å². The number of fused-ring (bicyclic) bond motifs is 1. The van der Waals surface area contributed by atoms with Crippen LogP contribution in [0.25, 0.3) is 10.9 Å². The molecule has 0 fully saturated rings. The number of benzene rings is 1. The third-order valence-corrected chi connectivity index (χ3v) is 2.40. The fourth-order valence-corrected chi connectivity index (χ4v) is 1.74. The molecule has 0 saturated carbocycles. The molecule has 0 N–H and O–H groups in total. The molecule has 2 aromatic rings. The molecular weight excluding hydrogens is 192 g/mol. The Kier molecular flexibility index (Phi) is 1.77. The maximum absolute atomic E-state index is 5.99. The minimum Gasteiger partial charge on any atom is -0.209 e. The van der Waals surface area contributed by atoms with Gasteiger partial charge in [0.2, 0.25) is 0 Å². The summed E-state index contributed by atoms with van der Waals surface area (Å²) in [5.74, 6) is 0. The van der Waals surface area contributed by atoms with Crippen LogP contribution in [0.2, 0.25) is 5.02 Å². The Labute approximate surface area is 80.7 Å². The fourth-order valence-electron chi connectivity index (χ4n) is 1.20. The van der Waals surface area contributed by atoms with Crippen LogP contribution in [-0.2, 0) is 0 Å². The molecule has 1 heterocycles. The normalized spacial score (nSPS) is 10.9. The van der Waals surface area contributed by atoms with Gasteiger partial charge in [-0.05, 0) is 37.4 Å². The molecule has 0 aliphatic rings. The molecular formula is C8H7ClN2S. The summed E-state index contributed by atoms with van der Waals surface area (Å²) in [6.45, 7) is 1.99. The summed E-state index contributed by atoms with van der Waals surface area (Å²) < 4.78 is 1.52. The van der Waals surface area contributed by atoms with Crippen molar-refractivity contribution in [1.29, 1.82) is 0 Å². The molecule has 0 radical (unpaired) electrons. The van der Waals surface area contributed by atoms with E-state index >= 15 is 0 Å². The first-order chi connectivity index (χ1) is 5.68.